The van der Waals surface area contributed by atoms with Crippen molar-refractivity contribution in [3.05, 3.63) is 98.9 Å². The van der Waals surface area contributed by atoms with Crippen LogP contribution in [0.15, 0.2) is 92.2 Å². The first-order valence-electron chi connectivity index (χ1n) is 18.4. The third kappa shape index (κ3) is 6.73. The van der Waals surface area contributed by atoms with Gasteiger partial charge in [-0.05, 0) is 153 Å². The van der Waals surface area contributed by atoms with Gasteiger partial charge in [0.1, 0.15) is 0 Å². The van der Waals surface area contributed by atoms with Crippen LogP contribution < -0.4 is 9.47 Å². The van der Waals surface area contributed by atoms with Crippen molar-refractivity contribution in [3.8, 4) is 17.6 Å². The molecule has 1 fully saturated rings. The molecule has 5 aliphatic rings. The molecule has 0 amide bonds. The number of hydrogen-bond acceptors (Lipinski definition) is 5. The summed E-state index contributed by atoms with van der Waals surface area (Å²) in [6, 6.07) is 16.8. The first-order chi connectivity index (χ1) is 23.5. The largest absolute Gasteiger partial charge is 0.454 e. The van der Waals surface area contributed by atoms with Crippen LogP contribution in [-0.4, -0.2) is 18.7 Å². The summed E-state index contributed by atoms with van der Waals surface area (Å²) in [4.78, 5) is 10.8. The van der Waals surface area contributed by atoms with Crippen LogP contribution in [0.4, 0.5) is 0 Å². The van der Waals surface area contributed by atoms with E-state index < -0.39 is 0 Å². The molecular formula is C43H49N3O2. The minimum atomic E-state index is 0.291. The standard InChI is InChI=1S/C43H49N3O2/c1-4-31-24-39(46-42(29(31)3)36-20-21-40-41(25-36)48-27-47-40)33-10-5-6-11-34(19-18-33)43-38-23-35(32-16-14-30(26-44)15-17-32)12-7-13-37(38)28(2)9-8-22-45-43/h14-17,20-23,25,28-29,31H,4-13,18-19,24,27H2,1-3H3/b39-33-,43-34-,45-22?. The molecule has 3 atom stereocenters. The Morgan fingerprint density at radius 2 is 1.62 bits per heavy atom. The summed E-state index contributed by atoms with van der Waals surface area (Å²) in [5, 5.41) is 9.37. The smallest absolute Gasteiger partial charge is 0.231 e. The van der Waals surface area contributed by atoms with Gasteiger partial charge < -0.3 is 9.47 Å². The monoisotopic (exact) mass is 639 g/mol. The lowest BCUT2D eigenvalue weighted by molar-refractivity contribution is 0.174. The molecule has 48 heavy (non-hydrogen) atoms. The van der Waals surface area contributed by atoms with Crippen LogP contribution in [0.2, 0.25) is 0 Å². The molecule has 2 aromatic carbocycles. The van der Waals surface area contributed by atoms with Crippen molar-refractivity contribution < 1.29 is 9.47 Å². The predicted molar refractivity (Wildman–Crippen MR) is 195 cm³/mol. The summed E-state index contributed by atoms with van der Waals surface area (Å²) in [5.41, 5.74) is 14.2. The van der Waals surface area contributed by atoms with E-state index in [2.05, 4.69) is 63.4 Å². The maximum atomic E-state index is 9.37. The first kappa shape index (κ1) is 32.4. The second-order valence-electron chi connectivity index (χ2n) is 14.4. The fourth-order valence-corrected chi connectivity index (χ4v) is 8.47. The summed E-state index contributed by atoms with van der Waals surface area (Å²) in [7, 11) is 0. The van der Waals surface area contributed by atoms with Gasteiger partial charge in [-0.25, -0.2) is 0 Å². The van der Waals surface area contributed by atoms with Gasteiger partial charge in [0, 0.05) is 23.4 Å². The highest BCUT2D eigenvalue weighted by atomic mass is 16.7. The van der Waals surface area contributed by atoms with Crippen molar-refractivity contribution in [1.29, 1.82) is 5.26 Å². The maximum Gasteiger partial charge on any atom is 0.231 e. The zero-order chi connectivity index (χ0) is 33.0. The van der Waals surface area contributed by atoms with E-state index in [1.165, 1.54) is 52.2 Å². The highest BCUT2D eigenvalue weighted by Crippen LogP contribution is 2.43. The van der Waals surface area contributed by atoms with E-state index in [1.54, 1.807) is 11.1 Å². The van der Waals surface area contributed by atoms with Crippen LogP contribution in [0.25, 0.3) is 5.57 Å². The highest BCUT2D eigenvalue weighted by Gasteiger charge is 2.31. The molecule has 2 aromatic rings. The number of allylic oxidation sites excluding steroid dienone is 6. The SMILES string of the molecule is CCC1C/C(=C2\CCCC/C(=C3/N=CCCC(C)C4=C3C=C(c3ccc(C#N)cc3)CCC4)CC2)N=C(c2ccc3c(c2)OCO3)C1C. The molecule has 0 spiro atoms. The van der Waals surface area contributed by atoms with Crippen molar-refractivity contribution in [1.82, 2.24) is 0 Å². The van der Waals surface area contributed by atoms with Crippen molar-refractivity contribution >= 4 is 17.5 Å². The molecule has 3 heterocycles. The number of aliphatic imine (C=N–C) groups is 2. The predicted octanol–water partition coefficient (Wildman–Crippen LogP) is 11.1. The Hall–Kier alpha value is -4.17. The summed E-state index contributed by atoms with van der Waals surface area (Å²) < 4.78 is 11.4. The van der Waals surface area contributed by atoms with E-state index in [0.29, 0.717) is 30.1 Å². The van der Waals surface area contributed by atoms with Crippen molar-refractivity contribution in [2.24, 2.45) is 27.7 Å². The Kier molecular flexibility index (Phi) is 9.80. The van der Waals surface area contributed by atoms with Gasteiger partial charge in [0.05, 0.1) is 23.0 Å². The van der Waals surface area contributed by atoms with Crippen molar-refractivity contribution in [2.75, 3.05) is 6.79 Å². The first-order valence-corrected chi connectivity index (χ1v) is 18.4. The zero-order valence-corrected chi connectivity index (χ0v) is 29.0. The highest BCUT2D eigenvalue weighted by molar-refractivity contribution is 6.04. The van der Waals surface area contributed by atoms with E-state index in [9.17, 15) is 5.26 Å². The third-order valence-corrected chi connectivity index (χ3v) is 11.5. The number of rotatable bonds is 3. The zero-order valence-electron chi connectivity index (χ0n) is 29.0. The van der Waals surface area contributed by atoms with Crippen LogP contribution in [0.1, 0.15) is 121 Å². The lowest BCUT2D eigenvalue weighted by Gasteiger charge is -2.32. The summed E-state index contributed by atoms with van der Waals surface area (Å²) in [6.07, 6.45) is 19.1. The molecule has 0 bridgehead atoms. The quantitative estimate of drug-likeness (QED) is 0.336. The van der Waals surface area contributed by atoms with Gasteiger partial charge in [-0.2, -0.15) is 5.26 Å². The molecule has 2 aliphatic carbocycles. The Balaban J connectivity index is 1.26. The molecule has 5 nitrogen and oxygen atoms in total. The average Bonchev–Trinajstić information content (AvgIpc) is 3.46. The molecule has 5 heteroatoms. The Morgan fingerprint density at radius 3 is 2.44 bits per heavy atom. The van der Waals surface area contributed by atoms with E-state index in [1.807, 2.05) is 18.2 Å². The fraction of sp³-hybridized carbons (Fsp3) is 0.465. The van der Waals surface area contributed by atoms with E-state index >= 15 is 0 Å². The van der Waals surface area contributed by atoms with E-state index in [0.717, 1.165) is 87.7 Å². The van der Waals surface area contributed by atoms with Gasteiger partial charge in [-0.1, -0.05) is 44.9 Å². The molecule has 248 valence electrons. The van der Waals surface area contributed by atoms with Gasteiger partial charge in [0.15, 0.2) is 11.5 Å². The molecule has 0 saturated heterocycles. The minimum absolute atomic E-state index is 0.291. The number of nitriles is 1. The van der Waals surface area contributed by atoms with Gasteiger partial charge in [-0.15, -0.1) is 0 Å². The second kappa shape index (κ2) is 14.5. The Morgan fingerprint density at radius 1 is 0.854 bits per heavy atom. The van der Waals surface area contributed by atoms with E-state index in [-0.39, 0.29) is 0 Å². The molecule has 7 rings (SSSR count). The van der Waals surface area contributed by atoms with Gasteiger partial charge in [0.25, 0.3) is 0 Å². The van der Waals surface area contributed by atoms with E-state index in [4.69, 9.17) is 19.5 Å². The van der Waals surface area contributed by atoms with Crippen LogP contribution in [0, 0.1) is 29.1 Å². The fourth-order valence-electron chi connectivity index (χ4n) is 8.47. The normalized spacial score (nSPS) is 27.8. The number of nitrogens with zero attached hydrogens (tertiary/aromatic N) is 3. The minimum Gasteiger partial charge on any atom is -0.454 e. The van der Waals surface area contributed by atoms with Crippen LogP contribution in [0.5, 0.6) is 11.5 Å². The maximum absolute atomic E-state index is 9.37. The molecular weight excluding hydrogens is 590 g/mol. The molecule has 3 aliphatic heterocycles. The Labute approximate surface area is 286 Å². The number of benzene rings is 2. The van der Waals surface area contributed by atoms with Crippen molar-refractivity contribution in [3.63, 3.8) is 0 Å². The van der Waals surface area contributed by atoms with Gasteiger partial charge in [-0.3, -0.25) is 9.98 Å². The van der Waals surface area contributed by atoms with Crippen molar-refractivity contribution in [2.45, 2.75) is 104 Å². The summed E-state index contributed by atoms with van der Waals surface area (Å²) >= 11 is 0. The second-order valence-corrected chi connectivity index (χ2v) is 14.4. The molecule has 1 saturated carbocycles. The average molecular weight is 640 g/mol. The lowest BCUT2D eigenvalue weighted by atomic mass is 9.78. The number of ether oxygens (including phenoxy) is 2. The summed E-state index contributed by atoms with van der Waals surface area (Å²) in [5.74, 6) is 3.18. The molecule has 0 N–H and O–H groups in total. The van der Waals surface area contributed by atoms with Gasteiger partial charge >= 0.3 is 0 Å². The lowest BCUT2D eigenvalue weighted by Crippen LogP contribution is -2.27. The molecule has 3 unspecified atom stereocenters. The van der Waals surface area contributed by atoms with Gasteiger partial charge in [0.2, 0.25) is 6.79 Å². The number of fused-ring (bicyclic) bond motifs is 1. The van der Waals surface area contributed by atoms with Crippen LogP contribution in [-0.2, 0) is 0 Å². The molecule has 0 radical (unpaired) electrons. The number of hydrogen-bond donors (Lipinski definition) is 0. The van der Waals surface area contributed by atoms with Crippen LogP contribution >= 0.6 is 0 Å². The Bertz CT molecular complexity index is 1780. The topological polar surface area (TPSA) is 67.0 Å². The summed E-state index contributed by atoms with van der Waals surface area (Å²) in [6.45, 7) is 7.39. The third-order valence-electron chi connectivity index (χ3n) is 11.5. The molecule has 0 aromatic heterocycles. The van der Waals surface area contributed by atoms with Crippen LogP contribution in [0.3, 0.4) is 0 Å².